The Labute approximate surface area is 184 Å². The average Bonchev–Trinajstić information content (AvgIpc) is 2.73. The lowest BCUT2D eigenvalue weighted by Gasteiger charge is -2.55. The number of ether oxygens (including phenoxy) is 2. The van der Waals surface area contributed by atoms with Gasteiger partial charge in [0.1, 0.15) is 13.2 Å². The Bertz CT molecular complexity index is 882. The van der Waals surface area contributed by atoms with E-state index in [0.717, 1.165) is 19.3 Å². The van der Waals surface area contributed by atoms with Crippen LogP contribution in [0, 0.1) is 23.2 Å². The fraction of sp³-hybridized carbons (Fsp3) is 0.652. The van der Waals surface area contributed by atoms with Crippen LogP contribution in [-0.2, 0) is 9.59 Å². The summed E-state index contributed by atoms with van der Waals surface area (Å²) < 4.78 is 51.9. The van der Waals surface area contributed by atoms with Crippen LogP contribution in [0.25, 0.3) is 0 Å². The summed E-state index contributed by atoms with van der Waals surface area (Å²) in [6, 6.07) is 1.70. The van der Waals surface area contributed by atoms with E-state index in [1.165, 1.54) is 37.5 Å². The van der Waals surface area contributed by atoms with Crippen LogP contribution in [0.5, 0.6) is 11.5 Å². The Kier molecular flexibility index (Phi) is 5.25. The highest BCUT2D eigenvalue weighted by molar-refractivity contribution is 5.88. The predicted molar refractivity (Wildman–Crippen MR) is 108 cm³/mol. The number of amides is 2. The summed E-state index contributed by atoms with van der Waals surface area (Å²) in [4.78, 5) is 25.4. The van der Waals surface area contributed by atoms with Crippen molar-refractivity contribution >= 4 is 11.8 Å². The minimum atomic E-state index is -4.71. The molecule has 174 valence electrons. The summed E-state index contributed by atoms with van der Waals surface area (Å²) >= 11 is 0. The molecule has 1 aliphatic heterocycles. The second-order valence-electron chi connectivity index (χ2n) is 9.83. The molecule has 4 bridgehead atoms. The third-order valence-corrected chi connectivity index (χ3v) is 7.46. The van der Waals surface area contributed by atoms with E-state index in [4.69, 9.17) is 9.47 Å². The fourth-order valence-corrected chi connectivity index (χ4v) is 6.54. The zero-order chi connectivity index (χ0) is 22.5. The van der Waals surface area contributed by atoms with Crippen LogP contribution in [0.3, 0.4) is 0 Å². The lowest BCUT2D eigenvalue weighted by Crippen LogP contribution is -2.55. The minimum Gasteiger partial charge on any atom is -0.486 e. The summed E-state index contributed by atoms with van der Waals surface area (Å²) in [7, 11) is 0. The molecule has 6 nitrogen and oxygen atoms in total. The topological polar surface area (TPSA) is 76.7 Å². The number of hydrogen-bond donors (Lipinski definition) is 2. The first-order chi connectivity index (χ1) is 15.2. The molecule has 0 radical (unpaired) electrons. The van der Waals surface area contributed by atoms with Gasteiger partial charge in [-0.2, -0.15) is 13.2 Å². The number of nitrogens with one attached hydrogen (secondary N) is 2. The molecule has 0 unspecified atom stereocenters. The number of carbonyl (C=O) groups excluding carboxylic acids is 2. The lowest BCUT2D eigenvalue weighted by molar-refractivity contribution is -0.163. The van der Waals surface area contributed by atoms with Crippen molar-refractivity contribution in [1.82, 2.24) is 10.6 Å². The molecule has 1 heterocycles. The molecule has 2 amide bonds. The van der Waals surface area contributed by atoms with Crippen molar-refractivity contribution in [2.45, 2.75) is 50.7 Å². The van der Waals surface area contributed by atoms with E-state index in [1.54, 1.807) is 0 Å². The van der Waals surface area contributed by atoms with Crippen molar-refractivity contribution in [2.24, 2.45) is 23.2 Å². The molecular formula is C23H27F3N2O4. The predicted octanol–water partition coefficient (Wildman–Crippen LogP) is 3.51. The Morgan fingerprint density at radius 2 is 1.59 bits per heavy atom. The number of fused-ring (bicyclic) bond motifs is 1. The van der Waals surface area contributed by atoms with Gasteiger partial charge in [-0.05, 0) is 74.0 Å². The number of benzene rings is 1. The first kappa shape index (κ1) is 21.4. The first-order valence-corrected chi connectivity index (χ1v) is 11.3. The van der Waals surface area contributed by atoms with Crippen LogP contribution in [0.15, 0.2) is 18.2 Å². The van der Waals surface area contributed by atoms with Crippen LogP contribution < -0.4 is 20.1 Å². The smallest absolute Gasteiger partial charge is 0.412 e. The number of halogens is 3. The Morgan fingerprint density at radius 3 is 2.19 bits per heavy atom. The van der Waals surface area contributed by atoms with E-state index in [-0.39, 0.29) is 23.8 Å². The van der Waals surface area contributed by atoms with E-state index in [2.05, 4.69) is 5.32 Å². The summed E-state index contributed by atoms with van der Waals surface area (Å²) in [6.07, 6.45) is 1.31. The molecule has 1 aromatic rings. The van der Waals surface area contributed by atoms with Gasteiger partial charge in [-0.3, -0.25) is 9.59 Å². The summed E-state index contributed by atoms with van der Waals surface area (Å²) in [6.45, 7) is 0.1000. The van der Waals surface area contributed by atoms with Gasteiger partial charge < -0.3 is 20.1 Å². The van der Waals surface area contributed by atoms with Gasteiger partial charge in [-0.15, -0.1) is 0 Å². The van der Waals surface area contributed by atoms with Gasteiger partial charge in [-0.25, -0.2) is 0 Å². The molecule has 4 aliphatic carbocycles. The van der Waals surface area contributed by atoms with E-state index in [0.29, 0.717) is 30.1 Å². The zero-order valence-corrected chi connectivity index (χ0v) is 17.7. The third-order valence-electron chi connectivity index (χ3n) is 7.46. The number of rotatable bonds is 5. The maximum Gasteiger partial charge on any atom is 0.412 e. The Balaban J connectivity index is 1.23. The molecule has 4 fully saturated rings. The van der Waals surface area contributed by atoms with Gasteiger partial charge in [0.25, 0.3) is 0 Å². The highest BCUT2D eigenvalue weighted by Gasteiger charge is 2.54. The Hall–Kier alpha value is -2.45. The molecule has 0 spiro atoms. The van der Waals surface area contributed by atoms with Crippen molar-refractivity contribution in [3.8, 4) is 11.5 Å². The molecule has 0 aromatic heterocycles. The van der Waals surface area contributed by atoms with Crippen molar-refractivity contribution < 1.29 is 32.2 Å². The first-order valence-electron chi connectivity index (χ1n) is 11.3. The van der Waals surface area contributed by atoms with E-state index >= 15 is 0 Å². The molecule has 32 heavy (non-hydrogen) atoms. The molecule has 6 rings (SSSR count). The second kappa shape index (κ2) is 7.85. The summed E-state index contributed by atoms with van der Waals surface area (Å²) in [5.41, 5.74) is -0.601. The van der Waals surface area contributed by atoms with Crippen molar-refractivity contribution in [3.05, 3.63) is 23.8 Å². The van der Waals surface area contributed by atoms with E-state index in [9.17, 15) is 22.8 Å². The average molecular weight is 452 g/mol. The van der Waals surface area contributed by atoms with Gasteiger partial charge in [0.2, 0.25) is 11.8 Å². The number of carbonyl (C=O) groups is 2. The largest absolute Gasteiger partial charge is 0.486 e. The third kappa shape index (κ3) is 4.01. The SMILES string of the molecule is O=C(CNC(=O)C12CC3CC(CC(C3)C1)C2)N[C@H](c1ccc2c(c1)OCCO2)C(F)(F)F. The van der Waals surface area contributed by atoms with Crippen LogP contribution in [-0.4, -0.2) is 37.7 Å². The molecule has 1 atom stereocenters. The van der Waals surface area contributed by atoms with Crippen molar-refractivity contribution in [3.63, 3.8) is 0 Å². The van der Waals surface area contributed by atoms with E-state index in [1.807, 2.05) is 5.32 Å². The quantitative estimate of drug-likeness (QED) is 0.717. The number of alkyl halides is 3. The van der Waals surface area contributed by atoms with Crippen molar-refractivity contribution in [2.75, 3.05) is 19.8 Å². The molecule has 5 aliphatic rings. The van der Waals surface area contributed by atoms with Crippen molar-refractivity contribution in [1.29, 1.82) is 0 Å². The summed E-state index contributed by atoms with van der Waals surface area (Å²) in [5.74, 6) is 1.21. The lowest BCUT2D eigenvalue weighted by atomic mass is 9.49. The van der Waals surface area contributed by atoms with Gasteiger partial charge >= 0.3 is 6.18 Å². The van der Waals surface area contributed by atoms with Crippen LogP contribution in [0.1, 0.15) is 50.1 Å². The molecule has 4 saturated carbocycles. The highest BCUT2D eigenvalue weighted by Crippen LogP contribution is 2.60. The maximum absolute atomic E-state index is 13.7. The number of hydrogen-bond acceptors (Lipinski definition) is 4. The molecule has 1 aromatic carbocycles. The Morgan fingerprint density at radius 1 is 1.00 bits per heavy atom. The van der Waals surface area contributed by atoms with Gasteiger partial charge in [0, 0.05) is 5.41 Å². The highest BCUT2D eigenvalue weighted by atomic mass is 19.4. The zero-order valence-electron chi connectivity index (χ0n) is 17.7. The fourth-order valence-electron chi connectivity index (χ4n) is 6.54. The normalized spacial score (nSPS) is 31.2. The van der Waals surface area contributed by atoms with Gasteiger partial charge in [-0.1, -0.05) is 6.07 Å². The molecule has 9 heteroatoms. The monoisotopic (exact) mass is 452 g/mol. The molecular weight excluding hydrogens is 425 g/mol. The van der Waals surface area contributed by atoms with Gasteiger partial charge in [0.15, 0.2) is 17.5 Å². The second-order valence-corrected chi connectivity index (χ2v) is 9.83. The maximum atomic E-state index is 13.7. The van der Waals surface area contributed by atoms with Crippen LogP contribution >= 0.6 is 0 Å². The molecule has 0 saturated heterocycles. The van der Waals surface area contributed by atoms with Crippen LogP contribution in [0.2, 0.25) is 0 Å². The summed E-state index contributed by atoms with van der Waals surface area (Å²) in [5, 5.41) is 4.67. The van der Waals surface area contributed by atoms with E-state index < -0.39 is 30.1 Å². The van der Waals surface area contributed by atoms with Crippen LogP contribution in [0.4, 0.5) is 13.2 Å². The molecule has 2 N–H and O–H groups in total. The van der Waals surface area contributed by atoms with Gasteiger partial charge in [0.05, 0.1) is 6.54 Å². The minimum absolute atomic E-state index is 0.150. The standard InChI is InChI=1S/C23H27F3N2O4/c24-23(25,26)20(16-1-2-17-18(8-16)32-4-3-31-17)28-19(29)12-27-21(30)22-9-13-5-14(10-22)7-15(6-13)11-22/h1-2,8,13-15,20H,3-7,9-12H2,(H,27,30)(H,28,29)/t13?,14?,15?,20-,22?/m1/s1.